The lowest BCUT2D eigenvalue weighted by Gasteiger charge is -2.19. The van der Waals surface area contributed by atoms with Crippen molar-refractivity contribution in [2.45, 2.75) is 26.4 Å². The molecule has 0 bridgehead atoms. The molecule has 25 heavy (non-hydrogen) atoms. The molecule has 6 heteroatoms. The predicted molar refractivity (Wildman–Crippen MR) is 94.5 cm³/mol. The van der Waals surface area contributed by atoms with Gasteiger partial charge in [0.25, 0.3) is 0 Å². The Labute approximate surface area is 146 Å². The fourth-order valence-corrected chi connectivity index (χ4v) is 2.04. The third-order valence-electron chi connectivity index (χ3n) is 3.03. The monoisotopic (exact) mass is 343 g/mol. The minimum absolute atomic E-state index is 0.173. The molecule has 2 N–H and O–H groups in total. The second-order valence-corrected chi connectivity index (χ2v) is 6.41. The number of carboxylic acids is 1. The van der Waals surface area contributed by atoms with E-state index in [-0.39, 0.29) is 12.2 Å². The Bertz CT molecular complexity index is 747. The lowest BCUT2D eigenvalue weighted by atomic mass is 10.2. The van der Waals surface area contributed by atoms with E-state index in [2.05, 4.69) is 5.32 Å². The third kappa shape index (κ3) is 6.18. The number of anilines is 2. The number of benzene rings is 2. The van der Waals surface area contributed by atoms with E-state index in [4.69, 9.17) is 14.6 Å². The maximum absolute atomic E-state index is 11.7. The number of rotatable bonds is 6. The van der Waals surface area contributed by atoms with Crippen LogP contribution < -0.4 is 10.1 Å². The number of carbonyl (C=O) groups is 2. The number of carboxylic acid groups (broad SMARTS) is 1. The van der Waals surface area contributed by atoms with Crippen LogP contribution in [0.1, 0.15) is 31.1 Å². The highest BCUT2D eigenvalue weighted by Gasteiger charge is 2.16. The van der Waals surface area contributed by atoms with E-state index in [1.807, 2.05) is 6.07 Å². The number of hydrogen-bond donors (Lipinski definition) is 2. The first-order valence-electron chi connectivity index (χ1n) is 7.78. The Kier molecular flexibility index (Phi) is 5.64. The summed E-state index contributed by atoms with van der Waals surface area (Å²) in [6.45, 7) is 5.22. The summed E-state index contributed by atoms with van der Waals surface area (Å²) in [7, 11) is 0. The molecule has 0 fully saturated rings. The topological polar surface area (TPSA) is 84.9 Å². The van der Waals surface area contributed by atoms with Gasteiger partial charge in [0.2, 0.25) is 0 Å². The van der Waals surface area contributed by atoms with E-state index in [1.54, 1.807) is 51.1 Å². The van der Waals surface area contributed by atoms with Crippen LogP contribution in [-0.2, 0) is 9.53 Å². The zero-order chi connectivity index (χ0) is 18.4. The molecule has 0 aliphatic rings. The fourth-order valence-electron chi connectivity index (χ4n) is 2.04. The summed E-state index contributed by atoms with van der Waals surface area (Å²) >= 11 is 0. The molecule has 0 heterocycles. The smallest absolute Gasteiger partial charge is 0.344 e. The molecular formula is C19H21NO5. The summed E-state index contributed by atoms with van der Waals surface area (Å²) in [4.78, 5) is 22.5. The van der Waals surface area contributed by atoms with Crippen LogP contribution in [0.15, 0.2) is 48.5 Å². The minimum atomic E-state index is -0.968. The van der Waals surface area contributed by atoms with Gasteiger partial charge in [-0.05, 0) is 57.2 Å². The zero-order valence-corrected chi connectivity index (χ0v) is 14.4. The van der Waals surface area contributed by atoms with E-state index in [0.29, 0.717) is 5.75 Å². The summed E-state index contributed by atoms with van der Waals surface area (Å²) in [6, 6.07) is 13.5. The molecule has 0 aromatic heterocycles. The molecule has 0 spiro atoms. The second kappa shape index (κ2) is 7.70. The molecule has 2 aromatic carbocycles. The summed E-state index contributed by atoms with van der Waals surface area (Å²) in [6.07, 6.45) is 0. The van der Waals surface area contributed by atoms with Gasteiger partial charge in [-0.1, -0.05) is 6.07 Å². The SMILES string of the molecule is CC(C)(C)OC(=O)COc1cccc(Nc2ccc(C(=O)O)cc2)c1. The standard InChI is InChI=1S/C19H21NO5/c1-19(2,3)25-17(21)12-24-16-6-4-5-15(11-16)20-14-9-7-13(8-10-14)18(22)23/h4-11,20H,12H2,1-3H3,(H,22,23). The van der Waals surface area contributed by atoms with Gasteiger partial charge in [0.1, 0.15) is 11.4 Å². The zero-order valence-electron chi connectivity index (χ0n) is 14.4. The number of ether oxygens (including phenoxy) is 2. The van der Waals surface area contributed by atoms with Crippen molar-refractivity contribution in [3.05, 3.63) is 54.1 Å². The van der Waals surface area contributed by atoms with Crippen LogP contribution >= 0.6 is 0 Å². The Morgan fingerprint density at radius 3 is 2.32 bits per heavy atom. The summed E-state index contributed by atoms with van der Waals surface area (Å²) < 4.78 is 10.6. The molecule has 0 radical (unpaired) electrons. The van der Waals surface area contributed by atoms with Crippen molar-refractivity contribution in [3.63, 3.8) is 0 Å². The largest absolute Gasteiger partial charge is 0.482 e. The average molecular weight is 343 g/mol. The van der Waals surface area contributed by atoms with Gasteiger partial charge in [-0.25, -0.2) is 9.59 Å². The van der Waals surface area contributed by atoms with Crippen molar-refractivity contribution in [3.8, 4) is 5.75 Å². The molecule has 2 aromatic rings. The van der Waals surface area contributed by atoms with E-state index in [1.165, 1.54) is 12.1 Å². The maximum atomic E-state index is 11.7. The quantitative estimate of drug-likeness (QED) is 0.775. The van der Waals surface area contributed by atoms with Crippen molar-refractivity contribution in [1.29, 1.82) is 0 Å². The first-order valence-corrected chi connectivity index (χ1v) is 7.78. The van der Waals surface area contributed by atoms with Crippen LogP contribution in [0.3, 0.4) is 0 Å². The Morgan fingerprint density at radius 2 is 1.72 bits per heavy atom. The summed E-state index contributed by atoms with van der Waals surface area (Å²) in [5, 5.41) is 12.0. The highest BCUT2D eigenvalue weighted by molar-refractivity contribution is 5.88. The van der Waals surface area contributed by atoms with Gasteiger partial charge in [0.15, 0.2) is 6.61 Å². The van der Waals surface area contributed by atoms with E-state index in [0.717, 1.165) is 11.4 Å². The molecule has 2 rings (SSSR count). The van der Waals surface area contributed by atoms with E-state index >= 15 is 0 Å². The van der Waals surface area contributed by atoms with Gasteiger partial charge in [-0.3, -0.25) is 0 Å². The van der Waals surface area contributed by atoms with Crippen LogP contribution in [0.4, 0.5) is 11.4 Å². The van der Waals surface area contributed by atoms with Crippen LogP contribution in [0.2, 0.25) is 0 Å². The highest BCUT2D eigenvalue weighted by atomic mass is 16.6. The average Bonchev–Trinajstić information content (AvgIpc) is 2.52. The summed E-state index contributed by atoms with van der Waals surface area (Å²) in [5.74, 6) is -0.878. The van der Waals surface area contributed by atoms with Crippen molar-refractivity contribution in [2.24, 2.45) is 0 Å². The van der Waals surface area contributed by atoms with Crippen molar-refractivity contribution < 1.29 is 24.2 Å². The number of carbonyl (C=O) groups excluding carboxylic acids is 1. The van der Waals surface area contributed by atoms with Gasteiger partial charge < -0.3 is 19.9 Å². The molecule has 6 nitrogen and oxygen atoms in total. The molecule has 0 aliphatic heterocycles. The van der Waals surface area contributed by atoms with Crippen molar-refractivity contribution in [2.75, 3.05) is 11.9 Å². The van der Waals surface area contributed by atoms with Gasteiger partial charge >= 0.3 is 11.9 Å². The fraction of sp³-hybridized carbons (Fsp3) is 0.263. The molecule has 0 atom stereocenters. The van der Waals surface area contributed by atoms with Crippen molar-refractivity contribution in [1.82, 2.24) is 0 Å². The van der Waals surface area contributed by atoms with Crippen molar-refractivity contribution >= 4 is 23.3 Å². The van der Waals surface area contributed by atoms with Crippen LogP contribution in [0, 0.1) is 0 Å². The lowest BCUT2D eigenvalue weighted by Crippen LogP contribution is -2.27. The Morgan fingerprint density at radius 1 is 1.04 bits per heavy atom. The first kappa shape index (κ1) is 18.3. The van der Waals surface area contributed by atoms with Gasteiger partial charge in [0.05, 0.1) is 5.56 Å². The van der Waals surface area contributed by atoms with Gasteiger partial charge in [-0.2, -0.15) is 0 Å². The molecule has 0 unspecified atom stereocenters. The highest BCUT2D eigenvalue weighted by Crippen LogP contribution is 2.22. The Hall–Kier alpha value is -3.02. The predicted octanol–water partition coefficient (Wildman–Crippen LogP) is 3.85. The lowest BCUT2D eigenvalue weighted by molar-refractivity contribution is -0.157. The van der Waals surface area contributed by atoms with Gasteiger partial charge in [-0.15, -0.1) is 0 Å². The molecule has 0 aliphatic carbocycles. The number of aromatic carboxylic acids is 1. The summed E-state index contributed by atoms with van der Waals surface area (Å²) in [5.41, 5.74) is 1.17. The number of esters is 1. The molecule has 0 saturated heterocycles. The number of nitrogens with one attached hydrogen (secondary N) is 1. The van der Waals surface area contributed by atoms with Gasteiger partial charge in [0, 0.05) is 17.4 Å². The van der Waals surface area contributed by atoms with E-state index in [9.17, 15) is 9.59 Å². The molecule has 0 amide bonds. The van der Waals surface area contributed by atoms with Crippen LogP contribution in [0.25, 0.3) is 0 Å². The maximum Gasteiger partial charge on any atom is 0.344 e. The molecule has 132 valence electrons. The minimum Gasteiger partial charge on any atom is -0.482 e. The first-order chi connectivity index (χ1) is 11.7. The normalized spacial score (nSPS) is 10.8. The molecular weight excluding hydrogens is 322 g/mol. The van der Waals surface area contributed by atoms with Crippen LogP contribution in [-0.4, -0.2) is 29.3 Å². The third-order valence-corrected chi connectivity index (χ3v) is 3.03. The van der Waals surface area contributed by atoms with E-state index < -0.39 is 17.5 Å². The Balaban J connectivity index is 1.96. The second-order valence-electron chi connectivity index (χ2n) is 6.41. The number of hydrogen-bond acceptors (Lipinski definition) is 5. The molecule has 0 saturated carbocycles. The van der Waals surface area contributed by atoms with Crippen LogP contribution in [0.5, 0.6) is 5.75 Å².